The van der Waals surface area contributed by atoms with Gasteiger partial charge < -0.3 is 15.3 Å². The molecule has 22 heavy (non-hydrogen) atoms. The van der Waals surface area contributed by atoms with Gasteiger partial charge in [0.15, 0.2) is 11.5 Å². The monoisotopic (exact) mass is 372 g/mol. The van der Waals surface area contributed by atoms with E-state index in [1.165, 1.54) is 38.2 Å². The first kappa shape index (κ1) is 18.8. The Kier molecular flexibility index (Phi) is 8.97. The summed E-state index contributed by atoms with van der Waals surface area (Å²) >= 11 is 3.43. The molecule has 1 rings (SSSR count). The van der Waals surface area contributed by atoms with E-state index in [1.807, 2.05) is 0 Å². The fourth-order valence-corrected chi connectivity index (χ4v) is 2.94. The molecule has 0 saturated heterocycles. The van der Waals surface area contributed by atoms with Crippen molar-refractivity contribution in [2.75, 3.05) is 5.33 Å². The molecule has 0 bridgehead atoms. The SMILES string of the molecule is O=C(O)c1c(CCCCCCCCCCBr)ccc(O)c1O. The highest BCUT2D eigenvalue weighted by Crippen LogP contribution is 2.32. The lowest BCUT2D eigenvalue weighted by Gasteiger charge is -2.09. The van der Waals surface area contributed by atoms with E-state index in [4.69, 9.17) is 5.11 Å². The van der Waals surface area contributed by atoms with Crippen LogP contribution in [0.5, 0.6) is 11.5 Å². The molecular formula is C17H25BrO4. The number of phenolic OH excluding ortho intramolecular Hbond substituents is 1. The van der Waals surface area contributed by atoms with Crippen LogP contribution in [0.3, 0.4) is 0 Å². The second-order valence-corrected chi connectivity index (χ2v) is 6.33. The van der Waals surface area contributed by atoms with Crippen molar-refractivity contribution >= 4 is 21.9 Å². The van der Waals surface area contributed by atoms with E-state index < -0.39 is 11.7 Å². The highest BCUT2D eigenvalue weighted by atomic mass is 79.9. The number of aromatic hydroxyl groups is 2. The van der Waals surface area contributed by atoms with Crippen LogP contribution in [0, 0.1) is 0 Å². The van der Waals surface area contributed by atoms with E-state index >= 15 is 0 Å². The van der Waals surface area contributed by atoms with E-state index in [2.05, 4.69) is 15.9 Å². The summed E-state index contributed by atoms with van der Waals surface area (Å²) in [6.45, 7) is 0. The van der Waals surface area contributed by atoms with Crippen molar-refractivity contribution in [3.63, 3.8) is 0 Å². The lowest BCUT2D eigenvalue weighted by Crippen LogP contribution is -2.03. The Labute approximate surface area is 140 Å². The zero-order chi connectivity index (χ0) is 16.4. The van der Waals surface area contributed by atoms with Gasteiger partial charge in [0, 0.05) is 5.33 Å². The predicted octanol–water partition coefficient (Wildman–Crippen LogP) is 4.85. The number of carboxylic acid groups (broad SMARTS) is 1. The van der Waals surface area contributed by atoms with Gasteiger partial charge in [0.1, 0.15) is 5.56 Å². The Hall–Kier alpha value is -1.23. The lowest BCUT2D eigenvalue weighted by molar-refractivity contribution is 0.0691. The molecule has 1 aromatic carbocycles. The van der Waals surface area contributed by atoms with Gasteiger partial charge >= 0.3 is 5.97 Å². The molecule has 0 heterocycles. The molecule has 0 atom stereocenters. The number of carbonyl (C=O) groups is 1. The van der Waals surface area contributed by atoms with Crippen molar-refractivity contribution in [1.82, 2.24) is 0 Å². The predicted molar refractivity (Wildman–Crippen MR) is 91.2 cm³/mol. The average Bonchev–Trinajstić information content (AvgIpc) is 2.48. The third-order valence-electron chi connectivity index (χ3n) is 3.79. The molecule has 5 heteroatoms. The Bertz CT molecular complexity index is 474. The summed E-state index contributed by atoms with van der Waals surface area (Å²) in [6.07, 6.45) is 9.98. The normalized spacial score (nSPS) is 10.8. The van der Waals surface area contributed by atoms with Crippen molar-refractivity contribution in [2.24, 2.45) is 0 Å². The Morgan fingerprint density at radius 2 is 1.45 bits per heavy atom. The molecule has 0 amide bonds. The number of unbranched alkanes of at least 4 members (excludes halogenated alkanes) is 7. The number of alkyl halides is 1. The molecule has 4 nitrogen and oxygen atoms in total. The van der Waals surface area contributed by atoms with Gasteiger partial charge in [-0.3, -0.25) is 0 Å². The first-order valence-electron chi connectivity index (χ1n) is 7.91. The van der Waals surface area contributed by atoms with Crippen LogP contribution in [-0.2, 0) is 6.42 Å². The summed E-state index contributed by atoms with van der Waals surface area (Å²) in [5.74, 6) is -2.11. The third-order valence-corrected chi connectivity index (χ3v) is 4.35. The lowest BCUT2D eigenvalue weighted by atomic mass is 9.99. The number of aryl methyl sites for hydroxylation is 1. The number of rotatable bonds is 11. The molecule has 1 aromatic rings. The topological polar surface area (TPSA) is 77.8 Å². The Morgan fingerprint density at radius 3 is 2.00 bits per heavy atom. The van der Waals surface area contributed by atoms with Crippen LogP contribution in [0.25, 0.3) is 0 Å². The molecular weight excluding hydrogens is 348 g/mol. The number of aromatic carboxylic acids is 1. The molecule has 0 aliphatic heterocycles. The fraction of sp³-hybridized carbons (Fsp3) is 0.588. The van der Waals surface area contributed by atoms with E-state index in [-0.39, 0.29) is 11.3 Å². The van der Waals surface area contributed by atoms with E-state index in [9.17, 15) is 15.0 Å². The van der Waals surface area contributed by atoms with E-state index in [0.29, 0.717) is 12.0 Å². The maximum Gasteiger partial charge on any atom is 0.339 e. The highest BCUT2D eigenvalue weighted by molar-refractivity contribution is 9.09. The van der Waals surface area contributed by atoms with Gasteiger partial charge in [0.25, 0.3) is 0 Å². The molecule has 0 aliphatic carbocycles. The Balaban J connectivity index is 2.31. The Morgan fingerprint density at radius 1 is 0.909 bits per heavy atom. The van der Waals surface area contributed by atoms with Gasteiger partial charge in [-0.25, -0.2) is 4.79 Å². The zero-order valence-corrected chi connectivity index (χ0v) is 14.4. The number of phenols is 2. The molecule has 0 spiro atoms. The first-order valence-corrected chi connectivity index (χ1v) is 9.03. The van der Waals surface area contributed by atoms with Crippen LogP contribution in [0.1, 0.15) is 67.3 Å². The van der Waals surface area contributed by atoms with Crippen LogP contribution < -0.4 is 0 Å². The van der Waals surface area contributed by atoms with Gasteiger partial charge in [-0.1, -0.05) is 60.5 Å². The summed E-state index contributed by atoms with van der Waals surface area (Å²) in [4.78, 5) is 11.2. The first-order chi connectivity index (χ1) is 10.6. The van der Waals surface area contributed by atoms with Gasteiger partial charge in [-0.05, 0) is 30.9 Å². The van der Waals surface area contributed by atoms with Crippen LogP contribution in [0.4, 0.5) is 0 Å². The standard InChI is InChI=1S/C17H25BrO4/c18-12-8-6-4-2-1-3-5-7-9-13-10-11-14(19)16(20)15(13)17(21)22/h10-11,19-20H,1-9,12H2,(H,21,22). The summed E-state index contributed by atoms with van der Waals surface area (Å²) in [6, 6.07) is 2.93. The second kappa shape index (κ2) is 10.5. The molecule has 3 N–H and O–H groups in total. The van der Waals surface area contributed by atoms with Gasteiger partial charge in [0.05, 0.1) is 0 Å². The van der Waals surface area contributed by atoms with Gasteiger partial charge in [0.2, 0.25) is 0 Å². The fourth-order valence-electron chi connectivity index (χ4n) is 2.54. The minimum absolute atomic E-state index is 0.172. The summed E-state index contributed by atoms with van der Waals surface area (Å²) in [5.41, 5.74) is 0.412. The molecule has 0 aliphatic rings. The zero-order valence-electron chi connectivity index (χ0n) is 12.9. The molecule has 0 aromatic heterocycles. The summed E-state index contributed by atoms with van der Waals surface area (Å²) in [5, 5.41) is 29.3. The van der Waals surface area contributed by atoms with E-state index in [1.54, 1.807) is 6.07 Å². The smallest absolute Gasteiger partial charge is 0.339 e. The second-order valence-electron chi connectivity index (χ2n) is 5.54. The number of benzene rings is 1. The molecule has 0 saturated carbocycles. The highest BCUT2D eigenvalue weighted by Gasteiger charge is 2.18. The van der Waals surface area contributed by atoms with Crippen LogP contribution in [0.2, 0.25) is 0 Å². The van der Waals surface area contributed by atoms with Gasteiger partial charge in [-0.2, -0.15) is 0 Å². The maximum atomic E-state index is 11.2. The largest absolute Gasteiger partial charge is 0.504 e. The van der Waals surface area contributed by atoms with Crippen LogP contribution >= 0.6 is 15.9 Å². The maximum absolute atomic E-state index is 11.2. The molecule has 124 valence electrons. The van der Waals surface area contributed by atoms with E-state index in [0.717, 1.165) is 24.6 Å². The quantitative estimate of drug-likeness (QED) is 0.294. The molecule has 0 fully saturated rings. The third kappa shape index (κ3) is 6.26. The summed E-state index contributed by atoms with van der Waals surface area (Å²) in [7, 11) is 0. The molecule has 0 unspecified atom stereocenters. The van der Waals surface area contributed by atoms with Crippen LogP contribution in [0.15, 0.2) is 12.1 Å². The number of hydrogen-bond donors (Lipinski definition) is 3. The van der Waals surface area contributed by atoms with Crippen molar-refractivity contribution < 1.29 is 20.1 Å². The molecule has 0 radical (unpaired) electrons. The van der Waals surface area contributed by atoms with Crippen molar-refractivity contribution in [2.45, 2.75) is 57.8 Å². The van der Waals surface area contributed by atoms with Crippen molar-refractivity contribution in [1.29, 1.82) is 0 Å². The minimum Gasteiger partial charge on any atom is -0.504 e. The van der Waals surface area contributed by atoms with Crippen molar-refractivity contribution in [3.8, 4) is 11.5 Å². The van der Waals surface area contributed by atoms with Crippen LogP contribution in [-0.4, -0.2) is 26.6 Å². The van der Waals surface area contributed by atoms with Gasteiger partial charge in [-0.15, -0.1) is 0 Å². The number of hydrogen-bond acceptors (Lipinski definition) is 3. The average molecular weight is 373 g/mol. The minimum atomic E-state index is -1.20. The number of carboxylic acids is 1. The summed E-state index contributed by atoms with van der Waals surface area (Å²) < 4.78 is 0. The van der Waals surface area contributed by atoms with Crippen molar-refractivity contribution in [3.05, 3.63) is 23.3 Å². The number of halogens is 1.